The molecule has 0 bridgehead atoms. The smallest absolute Gasteiger partial charge is 0.329 e. The molecular weight excluding hydrogens is 430 g/mol. The number of benzene rings is 1. The zero-order chi connectivity index (χ0) is 24.1. The maximum Gasteiger partial charge on any atom is 0.329 e. The lowest BCUT2D eigenvalue weighted by Gasteiger charge is -2.16. The molecule has 180 valence electrons. The van der Waals surface area contributed by atoms with E-state index in [9.17, 15) is 14.7 Å². The number of nitrogens with one attached hydrogen (secondary N) is 2. The molecule has 0 aliphatic heterocycles. The molecule has 0 aliphatic carbocycles. The molecule has 2 aromatic heterocycles. The highest BCUT2D eigenvalue weighted by atomic mass is 16.5. The molecule has 33 heavy (non-hydrogen) atoms. The Hall–Kier alpha value is -3.31. The maximum absolute atomic E-state index is 12.6. The van der Waals surface area contributed by atoms with E-state index in [1.165, 1.54) is 11.6 Å². The third-order valence-electron chi connectivity index (χ3n) is 5.17. The highest BCUT2D eigenvalue weighted by molar-refractivity contribution is 5.74. The lowest BCUT2D eigenvalue weighted by atomic mass is 10.1. The number of H-pyrrole nitrogens is 1. The monoisotopic (exact) mass is 461 g/mol. The van der Waals surface area contributed by atoms with Crippen molar-refractivity contribution in [1.82, 2.24) is 19.1 Å². The third-order valence-corrected chi connectivity index (χ3v) is 5.17. The van der Waals surface area contributed by atoms with E-state index in [4.69, 9.17) is 14.2 Å². The van der Waals surface area contributed by atoms with Crippen LogP contribution in [0.25, 0.3) is 11.2 Å². The van der Waals surface area contributed by atoms with Gasteiger partial charge in [-0.1, -0.05) is 6.07 Å². The number of rotatable bonds is 11. The van der Waals surface area contributed by atoms with Crippen molar-refractivity contribution in [2.45, 2.75) is 39.0 Å². The van der Waals surface area contributed by atoms with Crippen molar-refractivity contribution < 1.29 is 19.3 Å². The summed E-state index contributed by atoms with van der Waals surface area (Å²) in [6, 6.07) is 5.67. The molecule has 2 heterocycles. The first-order valence-electron chi connectivity index (χ1n) is 10.7. The number of imidazole rings is 1. The lowest BCUT2D eigenvalue weighted by molar-refractivity contribution is -0.000106. The Morgan fingerprint density at radius 1 is 1.18 bits per heavy atom. The molecule has 3 N–H and O–H groups in total. The summed E-state index contributed by atoms with van der Waals surface area (Å²) in [6.07, 6.45) is -0.270. The summed E-state index contributed by atoms with van der Waals surface area (Å²) >= 11 is 0. The van der Waals surface area contributed by atoms with Gasteiger partial charge < -0.3 is 29.2 Å². The highest BCUT2D eigenvalue weighted by Gasteiger charge is 2.20. The molecule has 0 saturated heterocycles. The highest BCUT2D eigenvalue weighted by Crippen LogP contribution is 2.27. The molecular formula is C22H31N5O6. The fourth-order valence-corrected chi connectivity index (χ4v) is 3.47. The van der Waals surface area contributed by atoms with Crippen molar-refractivity contribution in [1.29, 1.82) is 0 Å². The molecule has 0 fully saturated rings. The minimum Gasteiger partial charge on any atom is -0.493 e. The molecule has 11 nitrogen and oxygen atoms in total. The molecule has 0 amide bonds. The second kappa shape index (κ2) is 10.5. The zero-order valence-electron chi connectivity index (χ0n) is 19.5. The van der Waals surface area contributed by atoms with Crippen LogP contribution in [0.1, 0.15) is 19.4 Å². The van der Waals surface area contributed by atoms with Crippen molar-refractivity contribution in [3.8, 4) is 11.5 Å². The summed E-state index contributed by atoms with van der Waals surface area (Å²) < 4.78 is 19.0. The van der Waals surface area contributed by atoms with Crippen LogP contribution in [-0.4, -0.2) is 63.8 Å². The van der Waals surface area contributed by atoms with E-state index in [1.807, 2.05) is 32.0 Å². The van der Waals surface area contributed by atoms with Crippen LogP contribution in [0.2, 0.25) is 0 Å². The Bertz CT molecular complexity index is 1210. The van der Waals surface area contributed by atoms with Crippen LogP contribution in [0.3, 0.4) is 0 Å². The number of hydrogen-bond donors (Lipinski definition) is 3. The van der Waals surface area contributed by atoms with E-state index < -0.39 is 17.4 Å². The van der Waals surface area contributed by atoms with Crippen LogP contribution in [0.5, 0.6) is 11.5 Å². The molecule has 11 heteroatoms. The van der Waals surface area contributed by atoms with Crippen molar-refractivity contribution >= 4 is 17.1 Å². The van der Waals surface area contributed by atoms with E-state index >= 15 is 0 Å². The van der Waals surface area contributed by atoms with Gasteiger partial charge in [-0.2, -0.15) is 4.98 Å². The Labute approximate surface area is 190 Å². The molecule has 1 unspecified atom stereocenters. The predicted molar refractivity (Wildman–Crippen MR) is 124 cm³/mol. The van der Waals surface area contributed by atoms with Gasteiger partial charge in [0.25, 0.3) is 5.56 Å². The molecule has 0 aliphatic rings. The van der Waals surface area contributed by atoms with Crippen LogP contribution < -0.4 is 26.0 Å². The number of fused-ring (bicyclic) bond motifs is 1. The van der Waals surface area contributed by atoms with Crippen molar-refractivity contribution in [2.24, 2.45) is 7.05 Å². The molecule has 3 aromatic rings. The Morgan fingerprint density at radius 2 is 1.91 bits per heavy atom. The number of aliphatic hydroxyl groups excluding tert-OH is 1. The van der Waals surface area contributed by atoms with Crippen LogP contribution in [0.4, 0.5) is 5.95 Å². The number of anilines is 1. The lowest BCUT2D eigenvalue weighted by Crippen LogP contribution is -2.31. The topological polar surface area (TPSA) is 133 Å². The number of aromatic nitrogens is 4. The quantitative estimate of drug-likeness (QED) is 0.383. The SMILES string of the molecule is COc1ccc(CCNc2nc3c(c(=O)[nH]c(=O)n3C)n2CC(O)COC(C)C)cc1OC. The van der Waals surface area contributed by atoms with E-state index in [0.717, 1.165) is 5.56 Å². The van der Waals surface area contributed by atoms with Crippen LogP contribution in [-0.2, 0) is 24.8 Å². The fourth-order valence-electron chi connectivity index (χ4n) is 3.47. The summed E-state index contributed by atoms with van der Waals surface area (Å²) in [7, 11) is 4.70. The van der Waals surface area contributed by atoms with Crippen LogP contribution >= 0.6 is 0 Å². The minimum absolute atomic E-state index is 0.0394. The van der Waals surface area contributed by atoms with E-state index in [0.29, 0.717) is 30.4 Å². The second-order valence-electron chi connectivity index (χ2n) is 7.94. The van der Waals surface area contributed by atoms with Crippen LogP contribution in [0, 0.1) is 0 Å². The van der Waals surface area contributed by atoms with Crippen molar-refractivity contribution in [2.75, 3.05) is 32.7 Å². The zero-order valence-corrected chi connectivity index (χ0v) is 19.5. The fraction of sp³-hybridized carbons (Fsp3) is 0.500. The number of nitrogens with zero attached hydrogens (tertiary/aromatic N) is 3. The van der Waals surface area contributed by atoms with Crippen molar-refractivity contribution in [3.05, 3.63) is 44.6 Å². The summed E-state index contributed by atoms with van der Waals surface area (Å²) in [5.41, 5.74) is 0.324. The average Bonchev–Trinajstić information content (AvgIpc) is 3.14. The molecule has 0 saturated carbocycles. The number of ether oxygens (including phenoxy) is 3. The van der Waals surface area contributed by atoms with Gasteiger partial charge in [-0.05, 0) is 38.0 Å². The summed E-state index contributed by atoms with van der Waals surface area (Å²) in [6.45, 7) is 4.42. The molecule has 0 radical (unpaired) electrons. The summed E-state index contributed by atoms with van der Waals surface area (Å²) in [5, 5.41) is 13.7. The molecule has 0 spiro atoms. The third kappa shape index (κ3) is 5.55. The standard InChI is InChI=1S/C22H31N5O6/c1-13(2)33-12-15(28)11-27-18-19(26(3)22(30)25-20(18)29)24-21(27)23-9-8-14-6-7-16(31-4)17(10-14)32-5/h6-7,10,13,15,28H,8-9,11-12H2,1-5H3,(H,23,24)(H,25,29,30). The molecule has 3 rings (SSSR count). The average molecular weight is 462 g/mol. The number of hydrogen-bond acceptors (Lipinski definition) is 8. The van der Waals surface area contributed by atoms with Gasteiger partial charge in [-0.15, -0.1) is 0 Å². The Kier molecular flexibility index (Phi) is 7.77. The first kappa shape index (κ1) is 24.3. The number of aromatic amines is 1. The van der Waals surface area contributed by atoms with E-state index in [2.05, 4.69) is 15.3 Å². The first-order valence-corrected chi connectivity index (χ1v) is 10.7. The normalized spacial score (nSPS) is 12.3. The largest absolute Gasteiger partial charge is 0.493 e. The molecule has 1 atom stereocenters. The Morgan fingerprint density at radius 3 is 2.58 bits per heavy atom. The van der Waals surface area contributed by atoms with Gasteiger partial charge in [0.1, 0.15) is 0 Å². The number of aryl methyl sites for hydroxylation is 1. The van der Waals surface area contributed by atoms with Gasteiger partial charge in [-0.25, -0.2) is 4.79 Å². The summed E-state index contributed by atoms with van der Waals surface area (Å²) in [4.78, 5) is 31.4. The predicted octanol–water partition coefficient (Wildman–Crippen LogP) is 0.881. The van der Waals surface area contributed by atoms with Gasteiger partial charge in [0.2, 0.25) is 5.95 Å². The van der Waals surface area contributed by atoms with Gasteiger partial charge in [0, 0.05) is 13.6 Å². The second-order valence-corrected chi connectivity index (χ2v) is 7.94. The van der Waals surface area contributed by atoms with Crippen molar-refractivity contribution in [3.63, 3.8) is 0 Å². The van der Waals surface area contributed by atoms with Gasteiger partial charge >= 0.3 is 5.69 Å². The van der Waals surface area contributed by atoms with Gasteiger partial charge in [0.05, 0.1) is 39.6 Å². The van der Waals surface area contributed by atoms with Gasteiger partial charge in [-0.3, -0.25) is 14.3 Å². The Balaban J connectivity index is 1.86. The minimum atomic E-state index is -0.868. The number of aliphatic hydroxyl groups is 1. The first-order chi connectivity index (χ1) is 15.7. The number of methoxy groups -OCH3 is 2. The maximum atomic E-state index is 12.6. The van der Waals surface area contributed by atoms with E-state index in [1.54, 1.807) is 18.8 Å². The molecule has 1 aromatic carbocycles. The van der Waals surface area contributed by atoms with Crippen LogP contribution in [0.15, 0.2) is 27.8 Å². The summed E-state index contributed by atoms with van der Waals surface area (Å²) in [5.74, 6) is 1.66. The van der Waals surface area contributed by atoms with Gasteiger partial charge in [0.15, 0.2) is 22.7 Å². The van der Waals surface area contributed by atoms with E-state index in [-0.39, 0.29) is 30.4 Å².